The Morgan fingerprint density at radius 1 is 1.11 bits per heavy atom. The number of nitrogens with zero attached hydrogens (tertiary/aromatic N) is 4. The van der Waals surface area contributed by atoms with Crippen molar-refractivity contribution in [2.24, 2.45) is 21.1 Å². The van der Waals surface area contributed by atoms with Crippen LogP contribution >= 0.6 is 35.0 Å². The predicted molar refractivity (Wildman–Crippen MR) is 107 cm³/mol. The van der Waals surface area contributed by atoms with Crippen LogP contribution in [0.2, 0.25) is 10.0 Å². The molecule has 8 nitrogen and oxygen atoms in total. The van der Waals surface area contributed by atoms with E-state index in [4.69, 9.17) is 23.2 Å². The van der Waals surface area contributed by atoms with Crippen LogP contribution in [-0.4, -0.2) is 30.3 Å². The number of carbonyl (C=O) groups is 1. The van der Waals surface area contributed by atoms with Gasteiger partial charge in [-0.2, -0.15) is 0 Å². The summed E-state index contributed by atoms with van der Waals surface area (Å²) < 4.78 is 3.97. The van der Waals surface area contributed by atoms with Crippen molar-refractivity contribution in [3.63, 3.8) is 0 Å². The summed E-state index contributed by atoms with van der Waals surface area (Å²) in [5.41, 5.74) is 0.182. The van der Waals surface area contributed by atoms with Gasteiger partial charge in [-0.05, 0) is 18.2 Å². The summed E-state index contributed by atoms with van der Waals surface area (Å²) in [5, 5.41) is 3.91. The third-order valence-electron chi connectivity index (χ3n) is 3.96. The number of nitrogens with one attached hydrogen (secondary N) is 1. The van der Waals surface area contributed by atoms with E-state index in [9.17, 15) is 14.4 Å². The van der Waals surface area contributed by atoms with E-state index in [-0.39, 0.29) is 17.2 Å². The molecule has 1 N–H and O–H groups in total. The van der Waals surface area contributed by atoms with Crippen LogP contribution in [0.15, 0.2) is 32.9 Å². The van der Waals surface area contributed by atoms with Crippen LogP contribution in [0.25, 0.3) is 11.2 Å². The quantitative estimate of drug-likeness (QED) is 0.642. The van der Waals surface area contributed by atoms with E-state index >= 15 is 0 Å². The predicted octanol–water partition coefficient (Wildman–Crippen LogP) is 2.01. The van der Waals surface area contributed by atoms with Crippen molar-refractivity contribution in [3.05, 3.63) is 49.1 Å². The van der Waals surface area contributed by atoms with Crippen LogP contribution in [0.1, 0.15) is 0 Å². The van der Waals surface area contributed by atoms with Gasteiger partial charge in [0.05, 0.1) is 15.8 Å². The summed E-state index contributed by atoms with van der Waals surface area (Å²) in [6.45, 7) is 0. The lowest BCUT2D eigenvalue weighted by molar-refractivity contribution is -0.113. The molecule has 11 heteroatoms. The molecule has 0 unspecified atom stereocenters. The Morgan fingerprint density at radius 2 is 1.81 bits per heavy atom. The highest BCUT2D eigenvalue weighted by atomic mass is 35.5. The molecule has 1 amide bonds. The van der Waals surface area contributed by atoms with Gasteiger partial charge in [0.1, 0.15) is 0 Å². The lowest BCUT2D eigenvalue weighted by Crippen LogP contribution is -2.37. The van der Waals surface area contributed by atoms with Gasteiger partial charge in [-0.1, -0.05) is 35.0 Å². The van der Waals surface area contributed by atoms with E-state index in [0.717, 1.165) is 16.3 Å². The van der Waals surface area contributed by atoms with E-state index in [2.05, 4.69) is 10.3 Å². The summed E-state index contributed by atoms with van der Waals surface area (Å²) in [6.07, 6.45) is 0. The number of benzene rings is 1. The molecular weight excluding hydrogens is 413 g/mol. The summed E-state index contributed by atoms with van der Waals surface area (Å²) in [4.78, 5) is 40.8. The smallest absolute Gasteiger partial charge is 0.325 e. The Kier molecular flexibility index (Phi) is 5.36. The van der Waals surface area contributed by atoms with E-state index < -0.39 is 11.2 Å². The average molecular weight is 428 g/mol. The monoisotopic (exact) mass is 427 g/mol. The third kappa shape index (κ3) is 3.62. The molecule has 0 saturated heterocycles. The molecule has 1 aromatic carbocycles. The number of aryl methyl sites for hydroxylation is 2. The number of fused-ring (bicyclic) bond motifs is 1. The zero-order valence-corrected chi connectivity index (χ0v) is 16.9. The van der Waals surface area contributed by atoms with Crippen molar-refractivity contribution in [2.45, 2.75) is 5.16 Å². The maximum atomic E-state index is 12.3. The lowest BCUT2D eigenvalue weighted by Gasteiger charge is -2.07. The Hall–Kier alpha value is -2.23. The number of anilines is 1. The molecule has 0 spiro atoms. The molecule has 2 heterocycles. The second-order valence-electron chi connectivity index (χ2n) is 5.80. The topological polar surface area (TPSA) is 90.9 Å². The minimum atomic E-state index is -0.476. The van der Waals surface area contributed by atoms with Gasteiger partial charge < -0.3 is 9.88 Å². The second kappa shape index (κ2) is 7.41. The molecule has 142 valence electrons. The summed E-state index contributed by atoms with van der Waals surface area (Å²) in [6, 6.07) is 4.79. The van der Waals surface area contributed by atoms with Gasteiger partial charge in [0.25, 0.3) is 5.56 Å². The number of thioether (sulfide) groups is 1. The molecular formula is C16H15Cl2N5O3S. The van der Waals surface area contributed by atoms with Gasteiger partial charge in [-0.15, -0.1) is 0 Å². The van der Waals surface area contributed by atoms with Crippen molar-refractivity contribution in [1.29, 1.82) is 0 Å². The summed E-state index contributed by atoms with van der Waals surface area (Å²) >= 11 is 12.9. The Morgan fingerprint density at radius 3 is 2.48 bits per heavy atom. The second-order valence-corrected chi connectivity index (χ2v) is 7.55. The third-order valence-corrected chi connectivity index (χ3v) is 5.73. The fourth-order valence-corrected chi connectivity index (χ4v) is 3.66. The first-order chi connectivity index (χ1) is 12.7. The SMILES string of the molecule is Cn1c(=O)c2nc(SCC(=O)Nc3ccc(Cl)c(Cl)c3)n(C)c2n(C)c1=O. The number of hydrogen-bond donors (Lipinski definition) is 1. The molecule has 0 bridgehead atoms. The van der Waals surface area contributed by atoms with Crippen LogP contribution in [-0.2, 0) is 25.9 Å². The van der Waals surface area contributed by atoms with Gasteiger partial charge in [0.15, 0.2) is 16.3 Å². The van der Waals surface area contributed by atoms with E-state index in [0.29, 0.717) is 26.5 Å². The van der Waals surface area contributed by atoms with Crippen LogP contribution in [0, 0.1) is 0 Å². The zero-order valence-electron chi connectivity index (χ0n) is 14.6. The van der Waals surface area contributed by atoms with Crippen molar-refractivity contribution in [1.82, 2.24) is 18.7 Å². The van der Waals surface area contributed by atoms with Crippen LogP contribution in [0.4, 0.5) is 5.69 Å². The molecule has 0 radical (unpaired) electrons. The Labute approximate surface area is 167 Å². The number of carbonyl (C=O) groups excluding carboxylic acids is 1. The summed E-state index contributed by atoms with van der Waals surface area (Å²) in [7, 11) is 4.65. The fourth-order valence-electron chi connectivity index (χ4n) is 2.59. The molecule has 0 saturated carbocycles. The van der Waals surface area contributed by atoms with Gasteiger partial charge >= 0.3 is 5.69 Å². The first kappa shape index (κ1) is 19.5. The largest absolute Gasteiger partial charge is 0.332 e. The maximum absolute atomic E-state index is 12.3. The number of halogens is 2. The minimum Gasteiger partial charge on any atom is -0.325 e. The number of hydrogen-bond acceptors (Lipinski definition) is 5. The Balaban J connectivity index is 1.82. The molecule has 3 rings (SSSR count). The van der Waals surface area contributed by atoms with E-state index in [1.165, 1.54) is 11.6 Å². The van der Waals surface area contributed by atoms with Crippen molar-refractivity contribution < 1.29 is 4.79 Å². The highest BCUT2D eigenvalue weighted by Gasteiger charge is 2.18. The van der Waals surface area contributed by atoms with E-state index in [1.807, 2.05) is 0 Å². The molecule has 0 aliphatic heterocycles. The van der Waals surface area contributed by atoms with Gasteiger partial charge in [0, 0.05) is 26.8 Å². The van der Waals surface area contributed by atoms with E-state index in [1.54, 1.807) is 36.9 Å². The number of imidazole rings is 1. The number of rotatable bonds is 4. The first-order valence-electron chi connectivity index (χ1n) is 7.71. The number of amides is 1. The van der Waals surface area contributed by atoms with Crippen molar-refractivity contribution in [2.75, 3.05) is 11.1 Å². The van der Waals surface area contributed by atoms with Crippen molar-refractivity contribution >= 4 is 57.7 Å². The highest BCUT2D eigenvalue weighted by molar-refractivity contribution is 7.99. The van der Waals surface area contributed by atoms with Gasteiger partial charge in [-0.25, -0.2) is 9.78 Å². The minimum absolute atomic E-state index is 0.0612. The molecule has 27 heavy (non-hydrogen) atoms. The Bertz CT molecular complexity index is 1180. The molecule has 0 aliphatic rings. The van der Waals surface area contributed by atoms with Crippen LogP contribution in [0.3, 0.4) is 0 Å². The average Bonchev–Trinajstić information content (AvgIpc) is 2.96. The maximum Gasteiger partial charge on any atom is 0.332 e. The first-order valence-corrected chi connectivity index (χ1v) is 9.45. The molecule has 0 fully saturated rings. The summed E-state index contributed by atoms with van der Waals surface area (Å²) in [5.74, 6) is -0.210. The molecule has 3 aromatic rings. The van der Waals surface area contributed by atoms with Crippen molar-refractivity contribution in [3.8, 4) is 0 Å². The molecule has 2 aromatic heterocycles. The highest BCUT2D eigenvalue weighted by Crippen LogP contribution is 2.25. The molecule has 0 aliphatic carbocycles. The van der Waals surface area contributed by atoms with Crippen LogP contribution < -0.4 is 16.6 Å². The van der Waals surface area contributed by atoms with Crippen LogP contribution in [0.5, 0.6) is 0 Å². The number of aromatic nitrogens is 4. The molecule has 0 atom stereocenters. The standard InChI is InChI=1S/C16H15Cl2N5O3S/c1-21-13-12(14(25)23(3)16(26)22(13)2)20-15(21)27-7-11(24)19-8-4-5-9(17)10(18)6-8/h4-6H,7H2,1-3H3,(H,19,24). The normalized spacial score (nSPS) is 11.1. The zero-order chi connectivity index (χ0) is 19.9. The van der Waals surface area contributed by atoms with Gasteiger partial charge in [0.2, 0.25) is 5.91 Å². The lowest BCUT2D eigenvalue weighted by atomic mass is 10.3. The van der Waals surface area contributed by atoms with Gasteiger partial charge in [-0.3, -0.25) is 18.7 Å². The fraction of sp³-hybridized carbons (Fsp3) is 0.250.